The molecule has 0 aliphatic heterocycles. The van der Waals surface area contributed by atoms with Crippen molar-refractivity contribution in [3.63, 3.8) is 0 Å². The fourth-order valence-corrected chi connectivity index (χ4v) is 4.74. The first-order valence-corrected chi connectivity index (χ1v) is 13.4. The summed E-state index contributed by atoms with van der Waals surface area (Å²) in [7, 11) is 1.36. The summed E-state index contributed by atoms with van der Waals surface area (Å²) in [5.74, 6) is -2.52. The maximum atomic E-state index is 14.5. The van der Waals surface area contributed by atoms with Gasteiger partial charge in [0.2, 0.25) is 0 Å². The van der Waals surface area contributed by atoms with Crippen LogP contribution in [0.5, 0.6) is 5.75 Å². The second-order valence-corrected chi connectivity index (χ2v) is 11.2. The van der Waals surface area contributed by atoms with E-state index in [-0.39, 0.29) is 17.0 Å². The summed E-state index contributed by atoms with van der Waals surface area (Å²) in [6.07, 6.45) is -0.861. The van der Waals surface area contributed by atoms with Gasteiger partial charge in [-0.05, 0) is 95.0 Å². The van der Waals surface area contributed by atoms with Crippen molar-refractivity contribution < 1.29 is 33.4 Å². The van der Waals surface area contributed by atoms with Crippen LogP contribution < -0.4 is 20.7 Å². The van der Waals surface area contributed by atoms with Crippen LogP contribution in [0.25, 0.3) is 11.1 Å². The number of aryl methyl sites for hydroxylation is 3. The van der Waals surface area contributed by atoms with Gasteiger partial charge in [0.1, 0.15) is 0 Å². The van der Waals surface area contributed by atoms with Crippen LogP contribution in [0.3, 0.4) is 0 Å². The van der Waals surface area contributed by atoms with E-state index >= 15 is 0 Å². The molecule has 42 heavy (non-hydrogen) atoms. The molecule has 2 atom stereocenters. The molecule has 0 bridgehead atoms. The highest BCUT2D eigenvalue weighted by atomic mass is 19.1. The van der Waals surface area contributed by atoms with Crippen molar-refractivity contribution in [1.82, 2.24) is 5.32 Å². The van der Waals surface area contributed by atoms with Crippen LogP contribution in [0.2, 0.25) is 0 Å². The fourth-order valence-electron chi connectivity index (χ4n) is 4.74. The monoisotopic (exact) mass is 579 g/mol. The minimum atomic E-state index is -1.37. The van der Waals surface area contributed by atoms with Crippen molar-refractivity contribution in [2.45, 2.75) is 66.2 Å². The Hall–Kier alpha value is -4.44. The lowest BCUT2D eigenvalue weighted by atomic mass is 10.0. The third-order valence-electron chi connectivity index (χ3n) is 6.47. The van der Waals surface area contributed by atoms with Gasteiger partial charge < -0.3 is 30.5 Å². The number of urea groups is 1. The lowest BCUT2D eigenvalue weighted by Crippen LogP contribution is -2.50. The molecule has 224 valence electrons. The second-order valence-electron chi connectivity index (χ2n) is 11.2. The van der Waals surface area contributed by atoms with Gasteiger partial charge >= 0.3 is 12.0 Å². The Morgan fingerprint density at radius 2 is 1.50 bits per heavy atom. The molecule has 0 saturated heterocycles. The molecule has 0 spiro atoms. The number of aliphatic carboxylic acids is 1. The standard InChI is InChI=1S/C32H38FN3O6/c1-17-13-18(2)27(19(3)14-17)36-31(40)34-25-16-22(21-10-12-26(41-8)24(33)15-21)9-11-23(25)29(37)35-28(30(38)39)20(4)42-32(5,6)7/h9-16,20,28H,1-8H3,(H,35,37)(H,38,39)(H2,34,36,40). The predicted octanol–water partition coefficient (Wildman–Crippen LogP) is 6.46. The van der Waals surface area contributed by atoms with Gasteiger partial charge in [0.15, 0.2) is 17.6 Å². The molecule has 0 fully saturated rings. The lowest BCUT2D eigenvalue weighted by Gasteiger charge is -2.29. The van der Waals surface area contributed by atoms with E-state index in [0.29, 0.717) is 16.8 Å². The molecule has 3 rings (SSSR count). The molecule has 3 aromatic rings. The van der Waals surface area contributed by atoms with Crippen molar-refractivity contribution >= 4 is 29.3 Å². The molecule has 3 aromatic carbocycles. The van der Waals surface area contributed by atoms with E-state index in [1.807, 2.05) is 32.9 Å². The number of hydrogen-bond donors (Lipinski definition) is 4. The minimum Gasteiger partial charge on any atom is -0.494 e. The summed E-state index contributed by atoms with van der Waals surface area (Å²) >= 11 is 0. The van der Waals surface area contributed by atoms with Crippen LogP contribution in [0, 0.1) is 26.6 Å². The number of carboxylic acid groups (broad SMARTS) is 1. The zero-order chi connectivity index (χ0) is 31.4. The van der Waals surface area contributed by atoms with Gasteiger partial charge in [0.25, 0.3) is 5.91 Å². The normalized spacial score (nSPS) is 12.7. The number of carbonyl (C=O) groups excluding carboxylic acids is 2. The van der Waals surface area contributed by atoms with Crippen molar-refractivity contribution in [3.8, 4) is 16.9 Å². The van der Waals surface area contributed by atoms with Crippen molar-refractivity contribution in [3.05, 3.63) is 76.6 Å². The zero-order valence-electron chi connectivity index (χ0n) is 25.1. The topological polar surface area (TPSA) is 126 Å². The van der Waals surface area contributed by atoms with Gasteiger partial charge in [-0.2, -0.15) is 0 Å². The predicted molar refractivity (Wildman–Crippen MR) is 161 cm³/mol. The average Bonchev–Trinajstić information content (AvgIpc) is 2.87. The van der Waals surface area contributed by atoms with Gasteiger partial charge in [-0.1, -0.05) is 29.8 Å². The van der Waals surface area contributed by atoms with Crippen molar-refractivity contribution in [1.29, 1.82) is 0 Å². The van der Waals surface area contributed by atoms with E-state index in [2.05, 4.69) is 16.0 Å². The van der Waals surface area contributed by atoms with E-state index in [1.54, 1.807) is 39.8 Å². The highest BCUT2D eigenvalue weighted by molar-refractivity contribution is 6.08. The minimum absolute atomic E-state index is 0.00874. The van der Waals surface area contributed by atoms with E-state index in [9.17, 15) is 23.9 Å². The fraction of sp³-hybridized carbons (Fsp3) is 0.344. The number of amides is 3. The third-order valence-corrected chi connectivity index (χ3v) is 6.47. The largest absolute Gasteiger partial charge is 0.494 e. The van der Waals surface area contributed by atoms with Crippen molar-refractivity contribution in [2.24, 2.45) is 0 Å². The van der Waals surface area contributed by atoms with E-state index in [1.165, 1.54) is 31.4 Å². The second kappa shape index (κ2) is 13.0. The van der Waals surface area contributed by atoms with Gasteiger partial charge in [-0.3, -0.25) is 4.79 Å². The Morgan fingerprint density at radius 3 is 2.05 bits per heavy atom. The summed E-state index contributed by atoms with van der Waals surface area (Å²) in [5.41, 5.74) is 3.83. The maximum absolute atomic E-state index is 14.5. The summed E-state index contributed by atoms with van der Waals surface area (Å²) in [5, 5.41) is 17.9. The number of carboxylic acids is 1. The SMILES string of the molecule is COc1ccc(-c2ccc(C(=O)NC(C(=O)O)C(C)OC(C)(C)C)c(NC(=O)Nc3c(C)cc(C)cc3C)c2)cc1F. The molecule has 9 nitrogen and oxygen atoms in total. The number of carbonyl (C=O) groups is 3. The number of anilines is 2. The Labute approximate surface area is 245 Å². The number of hydrogen-bond acceptors (Lipinski definition) is 5. The molecular formula is C32H38FN3O6. The Balaban J connectivity index is 2.00. The summed E-state index contributed by atoms with van der Waals surface area (Å²) < 4.78 is 25.3. The Bertz CT molecular complexity index is 1480. The van der Waals surface area contributed by atoms with Gasteiger partial charge in [0.05, 0.1) is 30.1 Å². The molecule has 10 heteroatoms. The van der Waals surface area contributed by atoms with Crippen molar-refractivity contribution in [2.75, 3.05) is 17.7 Å². The molecular weight excluding hydrogens is 541 g/mol. The highest BCUT2D eigenvalue weighted by Gasteiger charge is 2.31. The molecule has 0 heterocycles. The molecule has 0 aliphatic rings. The van der Waals surface area contributed by atoms with Crippen LogP contribution >= 0.6 is 0 Å². The Morgan fingerprint density at radius 1 is 0.905 bits per heavy atom. The molecule has 0 aliphatic carbocycles. The zero-order valence-corrected chi connectivity index (χ0v) is 25.1. The van der Waals surface area contributed by atoms with E-state index < -0.39 is 41.5 Å². The van der Waals surface area contributed by atoms with E-state index in [0.717, 1.165) is 16.7 Å². The number of nitrogens with one attached hydrogen (secondary N) is 3. The molecule has 3 amide bonds. The van der Waals surface area contributed by atoms with Crippen LogP contribution in [0.1, 0.15) is 54.7 Å². The van der Waals surface area contributed by atoms with Gasteiger partial charge in [0, 0.05) is 5.69 Å². The first-order valence-electron chi connectivity index (χ1n) is 13.4. The van der Waals surface area contributed by atoms with Crippen LogP contribution in [-0.2, 0) is 9.53 Å². The molecule has 2 unspecified atom stereocenters. The van der Waals surface area contributed by atoms with Crippen LogP contribution in [0.4, 0.5) is 20.6 Å². The first kappa shape index (κ1) is 32.1. The van der Waals surface area contributed by atoms with Crippen LogP contribution in [-0.4, -0.2) is 47.9 Å². The molecule has 0 saturated carbocycles. The smallest absolute Gasteiger partial charge is 0.328 e. The number of ether oxygens (including phenoxy) is 2. The number of rotatable bonds is 9. The third kappa shape index (κ3) is 8.07. The number of halogens is 1. The lowest BCUT2D eigenvalue weighted by molar-refractivity contribution is -0.146. The summed E-state index contributed by atoms with van der Waals surface area (Å²) in [6, 6.07) is 10.8. The molecule has 0 radical (unpaired) electrons. The maximum Gasteiger partial charge on any atom is 0.328 e. The molecule has 0 aromatic heterocycles. The van der Waals surface area contributed by atoms with Gasteiger partial charge in [-0.15, -0.1) is 0 Å². The summed E-state index contributed by atoms with van der Waals surface area (Å²) in [6.45, 7) is 12.6. The first-order chi connectivity index (χ1) is 19.6. The van der Waals surface area contributed by atoms with Gasteiger partial charge in [-0.25, -0.2) is 14.0 Å². The van der Waals surface area contributed by atoms with Crippen LogP contribution in [0.15, 0.2) is 48.5 Å². The number of benzene rings is 3. The highest BCUT2D eigenvalue weighted by Crippen LogP contribution is 2.30. The van der Waals surface area contributed by atoms with E-state index in [4.69, 9.17) is 9.47 Å². The number of methoxy groups -OCH3 is 1. The Kier molecular flexibility index (Phi) is 9.95. The quantitative estimate of drug-likeness (QED) is 0.231. The molecule has 4 N–H and O–H groups in total. The average molecular weight is 580 g/mol. The summed E-state index contributed by atoms with van der Waals surface area (Å²) in [4.78, 5) is 38.7.